The molecule has 0 aromatic heterocycles. The topological polar surface area (TPSA) is 0 Å². The summed E-state index contributed by atoms with van der Waals surface area (Å²) in [5, 5.41) is 0. The average molecular weight is 255 g/mol. The van der Waals surface area contributed by atoms with Gasteiger partial charge in [-0.1, -0.05) is 92.9 Å². The van der Waals surface area contributed by atoms with Crippen molar-refractivity contribution in [2.75, 3.05) is 0 Å². The van der Waals surface area contributed by atoms with Crippen LogP contribution in [0.25, 0.3) is 0 Å². The summed E-state index contributed by atoms with van der Waals surface area (Å²) in [6.07, 6.45) is 11.5. The molecule has 0 aromatic carbocycles. The summed E-state index contributed by atoms with van der Waals surface area (Å²) < 4.78 is 0. The number of rotatable bonds is 11. The second-order valence-electron chi connectivity index (χ2n) is 7.44. The van der Waals surface area contributed by atoms with Gasteiger partial charge in [-0.15, -0.1) is 0 Å². The van der Waals surface area contributed by atoms with Gasteiger partial charge in [-0.05, 0) is 23.7 Å². The Morgan fingerprint density at radius 2 is 0.778 bits per heavy atom. The largest absolute Gasteiger partial charge is 0.0628 e. The second-order valence-corrected chi connectivity index (χ2v) is 7.44. The highest BCUT2D eigenvalue weighted by molar-refractivity contribution is 4.60. The summed E-state index contributed by atoms with van der Waals surface area (Å²) in [4.78, 5) is 0. The van der Waals surface area contributed by atoms with E-state index in [0.29, 0.717) is 0 Å². The maximum absolute atomic E-state index is 2.45. The van der Waals surface area contributed by atoms with Crippen LogP contribution in [0, 0.1) is 23.7 Å². The van der Waals surface area contributed by atoms with Gasteiger partial charge in [0.15, 0.2) is 0 Å². The lowest BCUT2D eigenvalue weighted by Crippen LogP contribution is -2.02. The van der Waals surface area contributed by atoms with Crippen LogP contribution >= 0.6 is 0 Å². The van der Waals surface area contributed by atoms with E-state index >= 15 is 0 Å². The quantitative estimate of drug-likeness (QED) is 0.385. The molecule has 0 radical (unpaired) electrons. The molecular weight excluding hydrogens is 216 g/mol. The van der Waals surface area contributed by atoms with E-state index in [2.05, 4.69) is 41.5 Å². The SMILES string of the molecule is CC(C)CCC[C@@H](C)CC[C@H](C)CCCC(C)C. The summed E-state index contributed by atoms with van der Waals surface area (Å²) in [6, 6.07) is 0. The van der Waals surface area contributed by atoms with E-state index in [1.165, 1.54) is 51.4 Å². The first-order chi connectivity index (χ1) is 8.41. The Kier molecular flexibility index (Phi) is 10.9. The van der Waals surface area contributed by atoms with Crippen LogP contribution in [0.4, 0.5) is 0 Å². The van der Waals surface area contributed by atoms with E-state index in [4.69, 9.17) is 0 Å². The Hall–Kier alpha value is 0. The zero-order valence-corrected chi connectivity index (χ0v) is 14.0. The van der Waals surface area contributed by atoms with Crippen LogP contribution < -0.4 is 0 Å². The van der Waals surface area contributed by atoms with Crippen molar-refractivity contribution in [2.45, 2.75) is 92.9 Å². The monoisotopic (exact) mass is 254 g/mol. The summed E-state index contributed by atoms with van der Waals surface area (Å²) in [5.41, 5.74) is 0. The Morgan fingerprint density at radius 3 is 1.06 bits per heavy atom. The van der Waals surface area contributed by atoms with Crippen molar-refractivity contribution in [1.29, 1.82) is 0 Å². The molecule has 0 nitrogen and oxygen atoms in total. The van der Waals surface area contributed by atoms with Gasteiger partial charge < -0.3 is 0 Å². The first-order valence-electron chi connectivity index (χ1n) is 8.41. The normalized spacial score (nSPS) is 15.3. The van der Waals surface area contributed by atoms with E-state index in [1.807, 2.05) is 0 Å². The highest BCUT2D eigenvalue weighted by atomic mass is 14.1. The molecule has 0 spiro atoms. The van der Waals surface area contributed by atoms with Crippen LogP contribution in [0.3, 0.4) is 0 Å². The zero-order chi connectivity index (χ0) is 14.0. The summed E-state index contributed by atoms with van der Waals surface area (Å²) in [6.45, 7) is 14.2. The third-order valence-corrected chi connectivity index (χ3v) is 4.11. The number of hydrogen-bond acceptors (Lipinski definition) is 0. The van der Waals surface area contributed by atoms with Gasteiger partial charge >= 0.3 is 0 Å². The maximum Gasteiger partial charge on any atom is -0.0443 e. The van der Waals surface area contributed by atoms with Crippen molar-refractivity contribution < 1.29 is 0 Å². The van der Waals surface area contributed by atoms with E-state index in [-0.39, 0.29) is 0 Å². The van der Waals surface area contributed by atoms with Crippen molar-refractivity contribution >= 4 is 0 Å². The number of hydrogen-bond donors (Lipinski definition) is 0. The fraction of sp³-hybridized carbons (Fsp3) is 1.00. The standard InChI is InChI=1S/C18H38/c1-15(2)9-7-11-17(5)13-14-18(6)12-8-10-16(3)4/h15-18H,7-14H2,1-6H3/t17-,18-/m1/s1. The van der Waals surface area contributed by atoms with Gasteiger partial charge in [-0.3, -0.25) is 0 Å². The molecule has 110 valence electrons. The van der Waals surface area contributed by atoms with Crippen LogP contribution in [0.15, 0.2) is 0 Å². The first-order valence-corrected chi connectivity index (χ1v) is 8.41. The highest BCUT2D eigenvalue weighted by Gasteiger charge is 2.07. The lowest BCUT2D eigenvalue weighted by Gasteiger charge is -2.16. The smallest absolute Gasteiger partial charge is 0.0443 e. The molecule has 0 aliphatic carbocycles. The van der Waals surface area contributed by atoms with Gasteiger partial charge in [-0.25, -0.2) is 0 Å². The van der Waals surface area contributed by atoms with E-state index in [0.717, 1.165) is 23.7 Å². The van der Waals surface area contributed by atoms with Gasteiger partial charge in [0.25, 0.3) is 0 Å². The molecule has 18 heavy (non-hydrogen) atoms. The van der Waals surface area contributed by atoms with Gasteiger partial charge in [0.05, 0.1) is 0 Å². The summed E-state index contributed by atoms with van der Waals surface area (Å²) in [7, 11) is 0. The summed E-state index contributed by atoms with van der Waals surface area (Å²) in [5.74, 6) is 3.65. The second kappa shape index (κ2) is 10.9. The van der Waals surface area contributed by atoms with E-state index in [1.54, 1.807) is 0 Å². The van der Waals surface area contributed by atoms with Crippen molar-refractivity contribution in [3.63, 3.8) is 0 Å². The predicted octanol–water partition coefficient (Wildman–Crippen LogP) is 6.69. The van der Waals surface area contributed by atoms with Crippen molar-refractivity contribution in [3.05, 3.63) is 0 Å². The molecular formula is C18H38. The molecule has 0 unspecified atom stereocenters. The molecule has 0 aromatic rings. The Bertz CT molecular complexity index is 149. The van der Waals surface area contributed by atoms with Gasteiger partial charge in [0, 0.05) is 0 Å². The van der Waals surface area contributed by atoms with Crippen molar-refractivity contribution in [1.82, 2.24) is 0 Å². The fourth-order valence-electron chi connectivity index (χ4n) is 2.61. The van der Waals surface area contributed by atoms with Crippen LogP contribution in [-0.2, 0) is 0 Å². The molecule has 0 fully saturated rings. The molecule has 0 bridgehead atoms. The van der Waals surface area contributed by atoms with E-state index in [9.17, 15) is 0 Å². The fourth-order valence-corrected chi connectivity index (χ4v) is 2.61. The van der Waals surface area contributed by atoms with Crippen LogP contribution in [0.1, 0.15) is 92.9 Å². The van der Waals surface area contributed by atoms with Crippen LogP contribution in [0.5, 0.6) is 0 Å². The maximum atomic E-state index is 2.45. The minimum absolute atomic E-state index is 0.882. The van der Waals surface area contributed by atoms with E-state index < -0.39 is 0 Å². The van der Waals surface area contributed by atoms with Gasteiger partial charge in [-0.2, -0.15) is 0 Å². The minimum atomic E-state index is 0.882. The van der Waals surface area contributed by atoms with Crippen LogP contribution in [0.2, 0.25) is 0 Å². The lowest BCUT2D eigenvalue weighted by atomic mass is 9.90. The molecule has 0 saturated heterocycles. The van der Waals surface area contributed by atoms with Gasteiger partial charge in [0.1, 0.15) is 0 Å². The average Bonchev–Trinajstić information content (AvgIpc) is 2.25. The predicted molar refractivity (Wildman–Crippen MR) is 84.9 cm³/mol. The molecule has 0 saturated carbocycles. The molecule has 0 aliphatic heterocycles. The molecule has 0 heterocycles. The zero-order valence-electron chi connectivity index (χ0n) is 14.0. The third-order valence-electron chi connectivity index (χ3n) is 4.11. The van der Waals surface area contributed by atoms with Crippen molar-refractivity contribution in [3.8, 4) is 0 Å². The molecule has 0 aliphatic rings. The minimum Gasteiger partial charge on any atom is -0.0628 e. The molecule has 0 amide bonds. The molecule has 0 N–H and O–H groups in total. The lowest BCUT2D eigenvalue weighted by molar-refractivity contribution is 0.367. The van der Waals surface area contributed by atoms with Crippen molar-refractivity contribution in [2.24, 2.45) is 23.7 Å². The molecule has 0 rings (SSSR count). The Morgan fingerprint density at radius 1 is 0.444 bits per heavy atom. The molecule has 2 atom stereocenters. The van der Waals surface area contributed by atoms with Gasteiger partial charge in [0.2, 0.25) is 0 Å². The first kappa shape index (κ1) is 18.0. The Labute approximate surface area is 117 Å². The third kappa shape index (κ3) is 12.5. The Balaban J connectivity index is 3.44. The molecule has 0 heteroatoms. The highest BCUT2D eigenvalue weighted by Crippen LogP contribution is 2.22. The van der Waals surface area contributed by atoms with Crippen LogP contribution in [-0.4, -0.2) is 0 Å². The summed E-state index contributed by atoms with van der Waals surface area (Å²) >= 11 is 0.